The number of hydrogen-bond acceptors (Lipinski definition) is 2. The molecule has 0 bridgehead atoms. The topological polar surface area (TPSA) is 15.3 Å². The van der Waals surface area contributed by atoms with Crippen LogP contribution in [0.4, 0.5) is 0 Å². The molecule has 0 spiro atoms. The summed E-state index contributed by atoms with van der Waals surface area (Å²) in [5, 5.41) is 3.60. The van der Waals surface area contributed by atoms with E-state index in [1.807, 2.05) is 0 Å². The largest absolute Gasteiger partial charge is 0.312 e. The summed E-state index contributed by atoms with van der Waals surface area (Å²) < 4.78 is 0. The molecule has 0 aromatic carbocycles. The van der Waals surface area contributed by atoms with E-state index in [4.69, 9.17) is 0 Å². The van der Waals surface area contributed by atoms with Crippen molar-refractivity contribution < 1.29 is 0 Å². The predicted molar refractivity (Wildman–Crippen MR) is 71.8 cm³/mol. The van der Waals surface area contributed by atoms with Gasteiger partial charge in [0.15, 0.2) is 0 Å². The Hall–Kier alpha value is -0.0800. The van der Waals surface area contributed by atoms with Crippen LogP contribution in [0.15, 0.2) is 0 Å². The molecule has 2 nitrogen and oxygen atoms in total. The second-order valence-corrected chi connectivity index (χ2v) is 6.44. The molecule has 2 heteroatoms. The van der Waals surface area contributed by atoms with Gasteiger partial charge in [0.25, 0.3) is 0 Å². The van der Waals surface area contributed by atoms with E-state index in [2.05, 4.69) is 44.8 Å². The van der Waals surface area contributed by atoms with E-state index in [1.54, 1.807) is 0 Å². The highest BCUT2D eigenvalue weighted by Crippen LogP contribution is 2.20. The number of nitrogens with one attached hydrogen (secondary N) is 1. The average Bonchev–Trinajstić information content (AvgIpc) is 2.61. The van der Waals surface area contributed by atoms with Gasteiger partial charge >= 0.3 is 0 Å². The zero-order valence-corrected chi connectivity index (χ0v) is 11.8. The highest BCUT2D eigenvalue weighted by Gasteiger charge is 2.24. The molecule has 0 saturated carbocycles. The van der Waals surface area contributed by atoms with Gasteiger partial charge in [0.05, 0.1) is 0 Å². The molecule has 0 amide bonds. The van der Waals surface area contributed by atoms with E-state index >= 15 is 0 Å². The van der Waals surface area contributed by atoms with Crippen LogP contribution in [0.25, 0.3) is 0 Å². The summed E-state index contributed by atoms with van der Waals surface area (Å²) in [5.41, 5.74) is 0.253. The Morgan fingerprint density at radius 1 is 1.38 bits per heavy atom. The van der Waals surface area contributed by atoms with Crippen LogP contribution in [-0.2, 0) is 0 Å². The van der Waals surface area contributed by atoms with Crippen LogP contribution in [0.1, 0.15) is 53.9 Å². The van der Waals surface area contributed by atoms with Gasteiger partial charge in [-0.3, -0.25) is 0 Å². The van der Waals surface area contributed by atoms with Crippen molar-refractivity contribution in [1.29, 1.82) is 0 Å². The Bertz CT molecular complexity index is 195. The summed E-state index contributed by atoms with van der Waals surface area (Å²) in [6.07, 6.45) is 4.13. The van der Waals surface area contributed by atoms with Crippen molar-refractivity contribution in [2.45, 2.75) is 65.5 Å². The SMILES string of the molecule is CCC1CCCN1CC(C)CNC(C)(C)C. The standard InChI is InChI=1S/C14H30N2/c1-6-13-8-7-9-16(13)11-12(2)10-15-14(3,4)5/h12-13,15H,6-11H2,1-5H3. The van der Waals surface area contributed by atoms with Crippen molar-refractivity contribution in [3.05, 3.63) is 0 Å². The lowest BCUT2D eigenvalue weighted by molar-refractivity contribution is 0.208. The third-order valence-electron chi connectivity index (χ3n) is 3.50. The summed E-state index contributed by atoms with van der Waals surface area (Å²) in [5.74, 6) is 0.756. The van der Waals surface area contributed by atoms with E-state index in [9.17, 15) is 0 Å². The quantitative estimate of drug-likeness (QED) is 0.775. The molecule has 2 unspecified atom stereocenters. The van der Waals surface area contributed by atoms with Gasteiger partial charge in [-0.25, -0.2) is 0 Å². The predicted octanol–water partition coefficient (Wildman–Crippen LogP) is 2.89. The molecule has 1 aliphatic rings. The van der Waals surface area contributed by atoms with Crippen molar-refractivity contribution >= 4 is 0 Å². The van der Waals surface area contributed by atoms with Crippen LogP contribution < -0.4 is 5.32 Å². The molecule has 0 aliphatic carbocycles. The first-order valence-electron chi connectivity index (χ1n) is 6.91. The van der Waals surface area contributed by atoms with Gasteiger partial charge in [0.1, 0.15) is 0 Å². The first-order valence-corrected chi connectivity index (χ1v) is 6.91. The summed E-state index contributed by atoms with van der Waals surface area (Å²) >= 11 is 0. The minimum atomic E-state index is 0.253. The van der Waals surface area contributed by atoms with Crippen molar-refractivity contribution in [2.75, 3.05) is 19.6 Å². The minimum absolute atomic E-state index is 0.253. The second kappa shape index (κ2) is 6.02. The van der Waals surface area contributed by atoms with Crippen LogP contribution in [0.2, 0.25) is 0 Å². The molecule has 1 aliphatic heterocycles. The monoisotopic (exact) mass is 226 g/mol. The van der Waals surface area contributed by atoms with Crippen LogP contribution in [0.3, 0.4) is 0 Å². The Kier molecular flexibility index (Phi) is 5.26. The fourth-order valence-corrected chi connectivity index (χ4v) is 2.54. The summed E-state index contributed by atoms with van der Waals surface area (Å²) in [7, 11) is 0. The third kappa shape index (κ3) is 4.84. The van der Waals surface area contributed by atoms with Crippen LogP contribution in [-0.4, -0.2) is 36.1 Å². The van der Waals surface area contributed by atoms with Gasteiger partial charge in [-0.2, -0.15) is 0 Å². The number of nitrogens with zero attached hydrogens (tertiary/aromatic N) is 1. The minimum Gasteiger partial charge on any atom is -0.312 e. The van der Waals surface area contributed by atoms with E-state index in [0.717, 1.165) is 18.5 Å². The van der Waals surface area contributed by atoms with Crippen LogP contribution in [0.5, 0.6) is 0 Å². The number of rotatable bonds is 5. The maximum atomic E-state index is 3.60. The molecule has 0 radical (unpaired) electrons. The van der Waals surface area contributed by atoms with E-state index in [1.165, 1.54) is 32.4 Å². The van der Waals surface area contributed by atoms with E-state index in [-0.39, 0.29) is 5.54 Å². The summed E-state index contributed by atoms with van der Waals surface area (Å²) in [6.45, 7) is 15.1. The molecule has 1 saturated heterocycles. The maximum absolute atomic E-state index is 3.60. The fourth-order valence-electron chi connectivity index (χ4n) is 2.54. The highest BCUT2D eigenvalue weighted by molar-refractivity contribution is 4.80. The Morgan fingerprint density at radius 3 is 2.62 bits per heavy atom. The van der Waals surface area contributed by atoms with Crippen LogP contribution in [0, 0.1) is 5.92 Å². The van der Waals surface area contributed by atoms with E-state index < -0.39 is 0 Å². The van der Waals surface area contributed by atoms with Gasteiger partial charge in [-0.15, -0.1) is 0 Å². The first kappa shape index (κ1) is 14.0. The van der Waals surface area contributed by atoms with Crippen molar-refractivity contribution in [3.8, 4) is 0 Å². The van der Waals surface area contributed by atoms with Gasteiger partial charge in [-0.1, -0.05) is 13.8 Å². The van der Waals surface area contributed by atoms with E-state index in [0.29, 0.717) is 0 Å². The molecular formula is C14H30N2. The molecule has 1 fully saturated rings. The lowest BCUT2D eigenvalue weighted by Crippen LogP contribution is -2.42. The molecular weight excluding hydrogens is 196 g/mol. The molecule has 1 rings (SSSR count). The fraction of sp³-hybridized carbons (Fsp3) is 1.00. The Balaban J connectivity index is 2.25. The molecule has 16 heavy (non-hydrogen) atoms. The van der Waals surface area contributed by atoms with Crippen LogP contribution >= 0.6 is 0 Å². The Labute approximate surface area is 102 Å². The van der Waals surface area contributed by atoms with Gasteiger partial charge in [-0.05, 0) is 59.0 Å². The van der Waals surface area contributed by atoms with Crippen molar-refractivity contribution in [1.82, 2.24) is 10.2 Å². The normalized spacial score (nSPS) is 24.9. The molecule has 2 atom stereocenters. The average molecular weight is 226 g/mol. The molecule has 96 valence electrons. The smallest absolute Gasteiger partial charge is 0.00966 e. The first-order chi connectivity index (χ1) is 7.42. The summed E-state index contributed by atoms with van der Waals surface area (Å²) in [4.78, 5) is 2.69. The molecule has 1 heterocycles. The zero-order chi connectivity index (χ0) is 12.2. The Morgan fingerprint density at radius 2 is 2.06 bits per heavy atom. The maximum Gasteiger partial charge on any atom is 0.00966 e. The lowest BCUT2D eigenvalue weighted by atomic mass is 10.1. The van der Waals surface area contributed by atoms with Gasteiger partial charge < -0.3 is 10.2 Å². The molecule has 0 aromatic rings. The zero-order valence-electron chi connectivity index (χ0n) is 11.8. The van der Waals surface area contributed by atoms with Crippen molar-refractivity contribution in [2.24, 2.45) is 5.92 Å². The lowest BCUT2D eigenvalue weighted by Gasteiger charge is -2.29. The van der Waals surface area contributed by atoms with Crippen molar-refractivity contribution in [3.63, 3.8) is 0 Å². The summed E-state index contributed by atoms with van der Waals surface area (Å²) in [6, 6.07) is 0.858. The number of hydrogen-bond donors (Lipinski definition) is 1. The molecule has 0 aromatic heterocycles. The van der Waals surface area contributed by atoms with Gasteiger partial charge in [0, 0.05) is 18.1 Å². The highest BCUT2D eigenvalue weighted by atomic mass is 15.2. The third-order valence-corrected chi connectivity index (χ3v) is 3.50. The second-order valence-electron chi connectivity index (χ2n) is 6.44. The number of likely N-dealkylation sites (tertiary alicyclic amines) is 1. The molecule has 1 N–H and O–H groups in total. The van der Waals surface area contributed by atoms with Gasteiger partial charge in [0.2, 0.25) is 0 Å².